The van der Waals surface area contributed by atoms with Gasteiger partial charge in [0.15, 0.2) is 5.78 Å². The topological polar surface area (TPSA) is 60.9 Å². The number of benzene rings is 2. The van der Waals surface area contributed by atoms with Crippen molar-refractivity contribution < 1.29 is 4.79 Å². The van der Waals surface area contributed by atoms with Gasteiger partial charge in [-0.2, -0.15) is 5.10 Å². The molecule has 23 heavy (non-hydrogen) atoms. The summed E-state index contributed by atoms with van der Waals surface area (Å²) < 4.78 is 2.65. The van der Waals surface area contributed by atoms with E-state index in [1.807, 2.05) is 42.5 Å². The average molecular weight is 417 g/mol. The van der Waals surface area contributed by atoms with Crippen LogP contribution in [0.3, 0.4) is 0 Å². The summed E-state index contributed by atoms with van der Waals surface area (Å²) in [4.78, 5) is 12.7. The molecule has 3 rings (SSSR count). The molecule has 0 fully saturated rings. The van der Waals surface area contributed by atoms with Crippen molar-refractivity contribution in [3.05, 3.63) is 75.0 Å². The number of carbonyl (C=O) groups excluding carboxylic acids is 1. The number of rotatable bonds is 4. The van der Waals surface area contributed by atoms with Gasteiger partial charge in [-0.05, 0) is 52.8 Å². The van der Waals surface area contributed by atoms with E-state index in [0.29, 0.717) is 16.9 Å². The van der Waals surface area contributed by atoms with E-state index in [9.17, 15) is 4.79 Å². The molecule has 2 aromatic carbocycles. The molecule has 0 atom stereocenters. The number of aromatic nitrogens is 2. The first-order chi connectivity index (χ1) is 11.1. The molecule has 0 saturated carbocycles. The van der Waals surface area contributed by atoms with Crippen molar-refractivity contribution in [2.75, 3.05) is 5.73 Å². The first kappa shape index (κ1) is 15.7. The molecule has 2 N–H and O–H groups in total. The van der Waals surface area contributed by atoms with Crippen molar-refractivity contribution in [2.45, 2.75) is 13.3 Å². The van der Waals surface area contributed by atoms with Gasteiger partial charge in [0.1, 0.15) is 5.82 Å². The van der Waals surface area contributed by atoms with E-state index < -0.39 is 0 Å². The molecule has 0 unspecified atom stereocenters. The lowest BCUT2D eigenvalue weighted by Gasteiger charge is -2.09. The van der Waals surface area contributed by atoms with Gasteiger partial charge in [0, 0.05) is 9.13 Å². The molecule has 0 saturated heterocycles. The van der Waals surface area contributed by atoms with Crippen LogP contribution in [-0.2, 0) is 6.42 Å². The van der Waals surface area contributed by atoms with Crippen LogP contribution in [-0.4, -0.2) is 15.6 Å². The van der Waals surface area contributed by atoms with Gasteiger partial charge in [-0.25, -0.2) is 4.68 Å². The van der Waals surface area contributed by atoms with Crippen LogP contribution in [0.1, 0.15) is 28.4 Å². The van der Waals surface area contributed by atoms with Crippen molar-refractivity contribution in [1.29, 1.82) is 0 Å². The summed E-state index contributed by atoms with van der Waals surface area (Å²) in [6, 6.07) is 15.4. The molecule has 0 aliphatic rings. The maximum atomic E-state index is 12.7. The standard InChI is InChI=1S/C18H16IN3O/c1-2-12-6-3-4-9-16(12)22-18(20)15(11-21-22)17(23)13-7-5-8-14(19)10-13/h3-11H,2,20H2,1H3. The van der Waals surface area contributed by atoms with Crippen molar-refractivity contribution >= 4 is 34.2 Å². The van der Waals surface area contributed by atoms with E-state index in [0.717, 1.165) is 21.2 Å². The largest absolute Gasteiger partial charge is 0.383 e. The third-order valence-corrected chi connectivity index (χ3v) is 4.41. The zero-order valence-corrected chi connectivity index (χ0v) is 14.8. The zero-order chi connectivity index (χ0) is 16.4. The van der Waals surface area contributed by atoms with Crippen LogP contribution in [0.15, 0.2) is 54.7 Å². The van der Waals surface area contributed by atoms with E-state index in [-0.39, 0.29) is 5.78 Å². The minimum absolute atomic E-state index is 0.110. The Morgan fingerprint density at radius 1 is 1.22 bits per heavy atom. The van der Waals surface area contributed by atoms with Gasteiger partial charge in [0.25, 0.3) is 0 Å². The number of nitrogens with two attached hydrogens (primary N) is 1. The second kappa shape index (κ2) is 6.54. The molecule has 4 nitrogen and oxygen atoms in total. The summed E-state index contributed by atoms with van der Waals surface area (Å²) in [7, 11) is 0. The van der Waals surface area contributed by atoms with Gasteiger partial charge in [0.2, 0.25) is 0 Å². The minimum atomic E-state index is -0.110. The van der Waals surface area contributed by atoms with E-state index in [1.165, 1.54) is 0 Å². The number of halogens is 1. The minimum Gasteiger partial charge on any atom is -0.383 e. The van der Waals surface area contributed by atoms with Gasteiger partial charge in [-0.15, -0.1) is 0 Å². The van der Waals surface area contributed by atoms with Gasteiger partial charge in [0.05, 0.1) is 17.4 Å². The Morgan fingerprint density at radius 3 is 2.74 bits per heavy atom. The third kappa shape index (κ3) is 3.01. The molecule has 1 aromatic heterocycles. The molecule has 0 spiro atoms. The number of anilines is 1. The van der Waals surface area contributed by atoms with Crippen LogP contribution in [0.4, 0.5) is 5.82 Å². The highest BCUT2D eigenvalue weighted by molar-refractivity contribution is 14.1. The summed E-state index contributed by atoms with van der Waals surface area (Å²) >= 11 is 2.19. The molecular formula is C18H16IN3O. The quantitative estimate of drug-likeness (QED) is 0.518. The second-order valence-corrected chi connectivity index (χ2v) is 6.42. The molecule has 116 valence electrons. The molecule has 0 aliphatic heterocycles. The lowest BCUT2D eigenvalue weighted by Crippen LogP contribution is -2.08. The van der Waals surface area contributed by atoms with Gasteiger partial charge < -0.3 is 5.73 Å². The monoisotopic (exact) mass is 417 g/mol. The highest BCUT2D eigenvalue weighted by Gasteiger charge is 2.18. The Hall–Kier alpha value is -2.15. The summed E-state index contributed by atoms with van der Waals surface area (Å²) in [6.07, 6.45) is 2.42. The third-order valence-electron chi connectivity index (χ3n) is 3.74. The first-order valence-electron chi connectivity index (χ1n) is 7.34. The van der Waals surface area contributed by atoms with Crippen LogP contribution in [0.25, 0.3) is 5.69 Å². The van der Waals surface area contributed by atoms with Crippen LogP contribution in [0.5, 0.6) is 0 Å². The Bertz CT molecular complexity index is 870. The molecular weight excluding hydrogens is 401 g/mol. The predicted octanol–water partition coefficient (Wildman–Crippen LogP) is 3.85. The molecule has 0 aliphatic carbocycles. The summed E-state index contributed by atoms with van der Waals surface area (Å²) in [5, 5.41) is 4.33. The van der Waals surface area contributed by atoms with Crippen molar-refractivity contribution in [1.82, 2.24) is 9.78 Å². The number of nitrogen functional groups attached to an aromatic ring is 1. The maximum absolute atomic E-state index is 12.7. The number of aryl methyl sites for hydroxylation is 1. The van der Waals surface area contributed by atoms with Crippen molar-refractivity contribution in [2.24, 2.45) is 0 Å². The van der Waals surface area contributed by atoms with E-state index in [1.54, 1.807) is 16.9 Å². The SMILES string of the molecule is CCc1ccccc1-n1ncc(C(=O)c2cccc(I)c2)c1N. The van der Waals surface area contributed by atoms with Crippen molar-refractivity contribution in [3.63, 3.8) is 0 Å². The van der Waals surface area contributed by atoms with Gasteiger partial charge in [-0.1, -0.05) is 37.3 Å². The van der Waals surface area contributed by atoms with E-state index >= 15 is 0 Å². The zero-order valence-electron chi connectivity index (χ0n) is 12.7. The summed E-state index contributed by atoms with van der Waals surface area (Å²) in [6.45, 7) is 2.08. The van der Waals surface area contributed by atoms with Crippen LogP contribution >= 0.6 is 22.6 Å². The Morgan fingerprint density at radius 2 is 2.00 bits per heavy atom. The number of para-hydroxylation sites is 1. The highest BCUT2D eigenvalue weighted by Crippen LogP contribution is 2.23. The molecule has 3 aromatic rings. The smallest absolute Gasteiger partial charge is 0.198 e. The number of ketones is 1. The first-order valence-corrected chi connectivity index (χ1v) is 8.41. The fraction of sp³-hybridized carbons (Fsp3) is 0.111. The number of hydrogen-bond acceptors (Lipinski definition) is 3. The lowest BCUT2D eigenvalue weighted by atomic mass is 10.1. The molecule has 1 heterocycles. The van der Waals surface area contributed by atoms with Crippen LogP contribution < -0.4 is 5.73 Å². The van der Waals surface area contributed by atoms with E-state index in [4.69, 9.17) is 5.73 Å². The van der Waals surface area contributed by atoms with Crippen LogP contribution in [0.2, 0.25) is 0 Å². The molecule has 0 bridgehead atoms. The van der Waals surface area contributed by atoms with Gasteiger partial charge >= 0.3 is 0 Å². The molecule has 0 amide bonds. The summed E-state index contributed by atoms with van der Waals surface area (Å²) in [5.41, 5.74) is 9.31. The number of hydrogen-bond donors (Lipinski definition) is 1. The Labute approximate surface area is 148 Å². The fourth-order valence-electron chi connectivity index (χ4n) is 2.53. The highest BCUT2D eigenvalue weighted by atomic mass is 127. The number of carbonyl (C=O) groups is 1. The Kier molecular flexibility index (Phi) is 4.47. The Balaban J connectivity index is 2.04. The average Bonchev–Trinajstić information content (AvgIpc) is 2.95. The maximum Gasteiger partial charge on any atom is 0.198 e. The predicted molar refractivity (Wildman–Crippen MR) is 99.9 cm³/mol. The van der Waals surface area contributed by atoms with Crippen LogP contribution in [0, 0.1) is 3.57 Å². The second-order valence-electron chi connectivity index (χ2n) is 5.18. The van der Waals surface area contributed by atoms with Gasteiger partial charge in [-0.3, -0.25) is 4.79 Å². The molecule has 0 radical (unpaired) electrons. The lowest BCUT2D eigenvalue weighted by molar-refractivity contribution is 0.103. The fourth-order valence-corrected chi connectivity index (χ4v) is 3.07. The normalized spacial score (nSPS) is 10.7. The number of nitrogens with zero attached hydrogens (tertiary/aromatic N) is 2. The van der Waals surface area contributed by atoms with E-state index in [2.05, 4.69) is 34.6 Å². The van der Waals surface area contributed by atoms with Crippen molar-refractivity contribution in [3.8, 4) is 5.69 Å². The summed E-state index contributed by atoms with van der Waals surface area (Å²) in [5.74, 6) is 0.260. The molecule has 5 heteroatoms.